The Kier molecular flexibility index (Phi) is 4.02. The fourth-order valence-corrected chi connectivity index (χ4v) is 4.31. The van der Waals surface area contributed by atoms with E-state index in [1.165, 1.54) is 16.4 Å². The van der Waals surface area contributed by atoms with Crippen molar-refractivity contribution < 1.29 is 0 Å². The molecule has 0 bridgehead atoms. The molecule has 0 aromatic carbocycles. The van der Waals surface area contributed by atoms with Gasteiger partial charge in [0.2, 0.25) is 0 Å². The van der Waals surface area contributed by atoms with Crippen molar-refractivity contribution in [1.82, 2.24) is 9.36 Å². The van der Waals surface area contributed by atoms with Crippen molar-refractivity contribution >= 4 is 44.6 Å². The van der Waals surface area contributed by atoms with Crippen molar-refractivity contribution in [2.45, 2.75) is 13.8 Å². The maximum Gasteiger partial charge on any atom is 0.185 e. The number of hydrogen-bond acceptors (Lipinski definition) is 7. The summed E-state index contributed by atoms with van der Waals surface area (Å²) in [4.78, 5) is 10.4. The minimum atomic E-state index is 0.311. The van der Waals surface area contributed by atoms with Gasteiger partial charge in [0.15, 0.2) is 10.3 Å². The highest BCUT2D eigenvalue weighted by Crippen LogP contribution is 2.33. The number of halogens is 1. The van der Waals surface area contributed by atoms with Crippen LogP contribution in [0.4, 0.5) is 10.1 Å². The second-order valence-corrected chi connectivity index (χ2v) is 7.17. The third kappa shape index (κ3) is 2.71. The molecule has 2 aromatic rings. The van der Waals surface area contributed by atoms with Crippen LogP contribution >= 0.6 is 34.5 Å². The van der Waals surface area contributed by atoms with Crippen LogP contribution in [0.1, 0.15) is 16.1 Å². The zero-order valence-electron chi connectivity index (χ0n) is 11.8. The van der Waals surface area contributed by atoms with Gasteiger partial charge in [-0.15, -0.1) is 11.3 Å². The molecule has 0 radical (unpaired) electrons. The van der Waals surface area contributed by atoms with Crippen LogP contribution < -0.4 is 9.80 Å². The van der Waals surface area contributed by atoms with Gasteiger partial charge in [0.25, 0.3) is 0 Å². The lowest BCUT2D eigenvalue weighted by Crippen LogP contribution is -2.46. The molecule has 0 saturated carbocycles. The van der Waals surface area contributed by atoms with E-state index < -0.39 is 0 Å². The Bertz CT molecular complexity index is 674. The summed E-state index contributed by atoms with van der Waals surface area (Å²) in [6.45, 7) is 7.64. The molecule has 0 aliphatic carbocycles. The summed E-state index contributed by atoms with van der Waals surface area (Å²) in [5, 5.41) is 11.5. The standard InChI is InChI=1S/C13H14ClN5S2/c1-8-9(2)20-13(16-8)19-5-3-18(4-6-19)12-10(7-15)11(14)17-21-12/h3-6H2,1-2H3. The molecule has 0 amide bonds. The molecule has 21 heavy (non-hydrogen) atoms. The molecule has 0 atom stereocenters. The molecule has 1 saturated heterocycles. The van der Waals surface area contributed by atoms with E-state index in [0.29, 0.717) is 10.7 Å². The Morgan fingerprint density at radius 3 is 2.43 bits per heavy atom. The molecule has 0 spiro atoms. The quantitative estimate of drug-likeness (QED) is 0.841. The van der Waals surface area contributed by atoms with Gasteiger partial charge in [0.1, 0.15) is 16.6 Å². The van der Waals surface area contributed by atoms with Gasteiger partial charge in [-0.05, 0) is 25.4 Å². The number of nitriles is 1. The van der Waals surface area contributed by atoms with Gasteiger partial charge in [-0.1, -0.05) is 11.6 Å². The zero-order valence-corrected chi connectivity index (χ0v) is 14.1. The van der Waals surface area contributed by atoms with Gasteiger partial charge < -0.3 is 9.80 Å². The Balaban J connectivity index is 1.72. The largest absolute Gasteiger partial charge is 0.358 e. The number of anilines is 2. The van der Waals surface area contributed by atoms with Crippen molar-refractivity contribution in [3.8, 4) is 6.07 Å². The van der Waals surface area contributed by atoms with E-state index in [-0.39, 0.29) is 0 Å². The highest BCUT2D eigenvalue weighted by atomic mass is 35.5. The van der Waals surface area contributed by atoms with Crippen LogP contribution in [0.5, 0.6) is 0 Å². The molecule has 3 heterocycles. The highest BCUT2D eigenvalue weighted by molar-refractivity contribution is 7.15. The number of aryl methyl sites for hydroxylation is 2. The minimum absolute atomic E-state index is 0.311. The highest BCUT2D eigenvalue weighted by Gasteiger charge is 2.24. The second-order valence-electron chi connectivity index (χ2n) is 4.88. The SMILES string of the molecule is Cc1nc(N2CCN(c3snc(Cl)c3C#N)CC2)sc1C. The number of nitrogens with zero attached hydrogens (tertiary/aromatic N) is 5. The molecule has 1 aliphatic rings. The first-order valence-corrected chi connectivity index (χ1v) is 8.56. The van der Waals surface area contributed by atoms with Gasteiger partial charge in [0, 0.05) is 31.1 Å². The van der Waals surface area contributed by atoms with E-state index >= 15 is 0 Å². The number of hydrogen-bond donors (Lipinski definition) is 0. The molecule has 110 valence electrons. The average Bonchev–Trinajstić information content (AvgIpc) is 3.02. The van der Waals surface area contributed by atoms with Gasteiger partial charge in [-0.2, -0.15) is 9.64 Å². The number of thiazole rings is 1. The lowest BCUT2D eigenvalue weighted by Gasteiger charge is -2.35. The molecule has 1 aliphatic heterocycles. The Hall–Kier alpha value is -1.36. The Morgan fingerprint density at radius 2 is 1.86 bits per heavy atom. The van der Waals surface area contributed by atoms with Crippen LogP contribution in [-0.2, 0) is 0 Å². The molecule has 8 heteroatoms. The predicted molar refractivity (Wildman–Crippen MR) is 87.9 cm³/mol. The van der Waals surface area contributed by atoms with E-state index in [4.69, 9.17) is 16.9 Å². The fourth-order valence-electron chi connectivity index (χ4n) is 2.26. The Labute approximate surface area is 136 Å². The summed E-state index contributed by atoms with van der Waals surface area (Å²) in [5.41, 5.74) is 1.61. The van der Waals surface area contributed by atoms with Crippen molar-refractivity contribution in [2.75, 3.05) is 36.0 Å². The summed E-state index contributed by atoms with van der Waals surface area (Å²) >= 11 is 8.98. The summed E-state index contributed by atoms with van der Waals surface area (Å²) < 4.78 is 4.07. The summed E-state index contributed by atoms with van der Waals surface area (Å²) in [7, 11) is 0. The van der Waals surface area contributed by atoms with E-state index in [1.54, 1.807) is 11.3 Å². The van der Waals surface area contributed by atoms with E-state index in [1.807, 2.05) is 6.92 Å². The number of rotatable bonds is 2. The molecular weight excluding hydrogens is 326 g/mol. The molecule has 5 nitrogen and oxygen atoms in total. The first-order chi connectivity index (χ1) is 10.1. The van der Waals surface area contributed by atoms with Gasteiger partial charge in [-0.3, -0.25) is 0 Å². The Morgan fingerprint density at radius 1 is 1.19 bits per heavy atom. The lowest BCUT2D eigenvalue weighted by molar-refractivity contribution is 0.655. The maximum atomic E-state index is 9.17. The normalized spacial score (nSPS) is 15.3. The average molecular weight is 340 g/mol. The lowest BCUT2D eigenvalue weighted by atomic mass is 10.3. The fraction of sp³-hybridized carbons (Fsp3) is 0.462. The van der Waals surface area contributed by atoms with Crippen molar-refractivity contribution in [3.63, 3.8) is 0 Å². The topological polar surface area (TPSA) is 56.1 Å². The van der Waals surface area contributed by atoms with E-state index in [2.05, 4.69) is 32.2 Å². The third-order valence-corrected chi connectivity index (χ3v) is 6.02. The van der Waals surface area contributed by atoms with Gasteiger partial charge >= 0.3 is 0 Å². The number of piperazine rings is 1. The van der Waals surface area contributed by atoms with Gasteiger partial charge in [-0.25, -0.2) is 4.98 Å². The monoisotopic (exact) mass is 339 g/mol. The zero-order chi connectivity index (χ0) is 15.0. The van der Waals surface area contributed by atoms with Crippen molar-refractivity contribution in [1.29, 1.82) is 5.26 Å². The second kappa shape index (κ2) is 5.79. The molecule has 2 aromatic heterocycles. The van der Waals surface area contributed by atoms with Crippen molar-refractivity contribution in [2.24, 2.45) is 0 Å². The molecule has 0 N–H and O–H groups in total. The van der Waals surface area contributed by atoms with Crippen LogP contribution in [0, 0.1) is 25.2 Å². The number of aromatic nitrogens is 2. The molecule has 3 rings (SSSR count). The predicted octanol–water partition coefficient (Wildman–Crippen LogP) is 3.07. The summed E-state index contributed by atoms with van der Waals surface area (Å²) in [5.74, 6) is 0. The smallest absolute Gasteiger partial charge is 0.185 e. The molecular formula is C13H14ClN5S2. The van der Waals surface area contributed by atoms with Crippen LogP contribution in [0.25, 0.3) is 0 Å². The van der Waals surface area contributed by atoms with E-state index in [9.17, 15) is 0 Å². The van der Waals surface area contributed by atoms with Crippen LogP contribution in [0.15, 0.2) is 0 Å². The van der Waals surface area contributed by atoms with Crippen LogP contribution in [0.2, 0.25) is 5.15 Å². The first-order valence-electron chi connectivity index (χ1n) is 6.59. The summed E-state index contributed by atoms with van der Waals surface area (Å²) in [6, 6.07) is 2.15. The van der Waals surface area contributed by atoms with Crippen LogP contribution in [-0.4, -0.2) is 35.5 Å². The van der Waals surface area contributed by atoms with Crippen LogP contribution in [0.3, 0.4) is 0 Å². The summed E-state index contributed by atoms with van der Waals surface area (Å²) in [6.07, 6.45) is 0. The van der Waals surface area contributed by atoms with Gasteiger partial charge in [0.05, 0.1) is 5.69 Å². The third-order valence-electron chi connectivity index (χ3n) is 3.60. The maximum absolute atomic E-state index is 9.17. The molecule has 0 unspecified atom stereocenters. The minimum Gasteiger partial charge on any atom is -0.358 e. The molecule has 1 fully saturated rings. The first kappa shape index (κ1) is 14.6. The van der Waals surface area contributed by atoms with Crippen molar-refractivity contribution in [3.05, 3.63) is 21.3 Å². The van der Waals surface area contributed by atoms with E-state index in [0.717, 1.165) is 42.0 Å².